The molecule has 2 amide bonds. The summed E-state index contributed by atoms with van der Waals surface area (Å²) in [6.45, 7) is 1.32. The molecule has 1 aliphatic rings. The molecule has 2 N–H and O–H groups in total. The van der Waals surface area contributed by atoms with Crippen LogP contribution in [0, 0.1) is 0 Å². The zero-order chi connectivity index (χ0) is 21.3. The van der Waals surface area contributed by atoms with Gasteiger partial charge in [-0.2, -0.15) is 11.8 Å². The normalized spacial score (nSPS) is 16.7. The van der Waals surface area contributed by atoms with Gasteiger partial charge in [0.05, 0.1) is 12.7 Å². The van der Waals surface area contributed by atoms with Crippen molar-refractivity contribution in [2.75, 3.05) is 37.5 Å². The molecule has 7 heteroatoms. The number of carbonyl (C=O) groups is 2. The molecule has 0 bridgehead atoms. The van der Waals surface area contributed by atoms with Crippen molar-refractivity contribution in [2.45, 2.75) is 24.9 Å². The van der Waals surface area contributed by atoms with Gasteiger partial charge in [-0.05, 0) is 49.1 Å². The first kappa shape index (κ1) is 22.0. The van der Waals surface area contributed by atoms with E-state index >= 15 is 0 Å². The lowest BCUT2D eigenvalue weighted by molar-refractivity contribution is -0.132. The number of thioether (sulfide) groups is 1. The third kappa shape index (κ3) is 5.69. The van der Waals surface area contributed by atoms with Crippen molar-refractivity contribution in [3.63, 3.8) is 0 Å². The van der Waals surface area contributed by atoms with Gasteiger partial charge in [0.2, 0.25) is 5.91 Å². The summed E-state index contributed by atoms with van der Waals surface area (Å²) in [5.41, 5.74) is 1.49. The predicted molar refractivity (Wildman–Crippen MR) is 122 cm³/mol. The van der Waals surface area contributed by atoms with Crippen LogP contribution in [0.25, 0.3) is 0 Å². The average molecular weight is 428 g/mol. The number of methoxy groups -OCH3 is 1. The molecule has 160 valence electrons. The molecule has 0 saturated carbocycles. The van der Waals surface area contributed by atoms with Gasteiger partial charge in [-0.1, -0.05) is 30.3 Å². The molecule has 1 aliphatic heterocycles. The van der Waals surface area contributed by atoms with Crippen molar-refractivity contribution in [3.05, 3.63) is 60.2 Å². The van der Waals surface area contributed by atoms with Crippen LogP contribution >= 0.6 is 11.8 Å². The van der Waals surface area contributed by atoms with Gasteiger partial charge in [0.15, 0.2) is 0 Å². The Morgan fingerprint density at radius 1 is 1.17 bits per heavy atom. The van der Waals surface area contributed by atoms with Crippen LogP contribution in [-0.2, 0) is 4.79 Å². The van der Waals surface area contributed by atoms with Crippen molar-refractivity contribution in [3.8, 4) is 5.75 Å². The number of rotatable bonds is 9. The molecule has 2 unspecified atom stereocenters. The number of amides is 2. The minimum atomic E-state index is -0.551. The number of hydrogen-bond acceptors (Lipinski definition) is 5. The quantitative estimate of drug-likeness (QED) is 0.643. The fourth-order valence-electron chi connectivity index (χ4n) is 3.63. The lowest BCUT2D eigenvalue weighted by Gasteiger charge is -2.25. The Morgan fingerprint density at radius 3 is 2.63 bits per heavy atom. The Morgan fingerprint density at radius 2 is 1.90 bits per heavy atom. The summed E-state index contributed by atoms with van der Waals surface area (Å²) in [4.78, 5) is 27.9. The van der Waals surface area contributed by atoms with E-state index in [2.05, 4.69) is 10.6 Å². The largest absolute Gasteiger partial charge is 0.496 e. The second-order valence-electron chi connectivity index (χ2n) is 7.29. The van der Waals surface area contributed by atoms with E-state index in [1.165, 1.54) is 7.11 Å². The van der Waals surface area contributed by atoms with Gasteiger partial charge in [-0.25, -0.2) is 0 Å². The van der Waals surface area contributed by atoms with Crippen LogP contribution in [0.15, 0.2) is 54.6 Å². The van der Waals surface area contributed by atoms with E-state index in [1.54, 1.807) is 30.0 Å². The lowest BCUT2D eigenvalue weighted by Crippen LogP contribution is -2.48. The highest BCUT2D eigenvalue weighted by atomic mass is 32.2. The summed E-state index contributed by atoms with van der Waals surface area (Å²) in [5.74, 6) is 0.983. The highest BCUT2D eigenvalue weighted by molar-refractivity contribution is 7.98. The third-order valence-electron chi connectivity index (χ3n) is 5.21. The van der Waals surface area contributed by atoms with E-state index in [0.29, 0.717) is 30.8 Å². The molecule has 6 nitrogen and oxygen atoms in total. The van der Waals surface area contributed by atoms with Crippen LogP contribution in [0.5, 0.6) is 5.75 Å². The average Bonchev–Trinajstić information content (AvgIpc) is 3.25. The van der Waals surface area contributed by atoms with Crippen LogP contribution in [0.2, 0.25) is 0 Å². The maximum absolute atomic E-state index is 13.2. The third-order valence-corrected chi connectivity index (χ3v) is 5.85. The maximum Gasteiger partial charge on any atom is 0.255 e. The molecule has 3 rings (SSSR count). The van der Waals surface area contributed by atoms with Crippen molar-refractivity contribution < 1.29 is 14.3 Å². The molecule has 0 spiro atoms. The molecule has 2 aromatic rings. The number of likely N-dealkylation sites (tertiary alicyclic amines) is 1. The first-order chi connectivity index (χ1) is 14.6. The summed E-state index contributed by atoms with van der Waals surface area (Å²) >= 11 is 1.66. The standard InChI is InChI=1S/C23H29N3O3S/c1-29-21-11-7-6-10-19(21)22(27)25-20(13-15-30-2)23(28)26-14-12-18(16-26)24-17-8-4-3-5-9-17/h3-11,18,20,24H,12-16H2,1-2H3,(H,25,27). The summed E-state index contributed by atoms with van der Waals surface area (Å²) in [6, 6.07) is 16.7. The minimum absolute atomic E-state index is 0.0235. The van der Waals surface area contributed by atoms with Crippen LogP contribution in [0.3, 0.4) is 0 Å². The zero-order valence-corrected chi connectivity index (χ0v) is 18.3. The molecule has 2 atom stereocenters. The van der Waals surface area contributed by atoms with Gasteiger partial charge in [0, 0.05) is 24.8 Å². The number of nitrogens with one attached hydrogen (secondary N) is 2. The van der Waals surface area contributed by atoms with Gasteiger partial charge >= 0.3 is 0 Å². The molecule has 0 radical (unpaired) electrons. The second-order valence-corrected chi connectivity index (χ2v) is 8.27. The monoisotopic (exact) mass is 427 g/mol. The van der Waals surface area contributed by atoms with E-state index in [1.807, 2.05) is 47.6 Å². The summed E-state index contributed by atoms with van der Waals surface area (Å²) in [7, 11) is 1.53. The lowest BCUT2D eigenvalue weighted by atomic mass is 10.1. The predicted octanol–water partition coefficient (Wildman–Crippen LogP) is 3.26. The number of para-hydroxylation sites is 2. The van der Waals surface area contributed by atoms with Gasteiger partial charge in [0.1, 0.15) is 11.8 Å². The number of carbonyl (C=O) groups excluding carboxylic acids is 2. The number of hydrogen-bond donors (Lipinski definition) is 2. The molecule has 1 heterocycles. The molecule has 2 aromatic carbocycles. The summed E-state index contributed by atoms with van der Waals surface area (Å²) in [5, 5.41) is 6.43. The topological polar surface area (TPSA) is 70.7 Å². The molecule has 0 aliphatic carbocycles. The van der Waals surface area contributed by atoms with Crippen molar-refractivity contribution >= 4 is 29.3 Å². The number of nitrogens with zero attached hydrogens (tertiary/aromatic N) is 1. The highest BCUT2D eigenvalue weighted by Gasteiger charge is 2.32. The molecule has 1 fully saturated rings. The molecule has 1 saturated heterocycles. The van der Waals surface area contributed by atoms with Gasteiger partial charge in [-0.15, -0.1) is 0 Å². The maximum atomic E-state index is 13.2. The van der Waals surface area contributed by atoms with E-state index in [4.69, 9.17) is 4.74 Å². The van der Waals surface area contributed by atoms with Crippen molar-refractivity contribution in [1.29, 1.82) is 0 Å². The zero-order valence-electron chi connectivity index (χ0n) is 17.5. The molecule has 30 heavy (non-hydrogen) atoms. The second kappa shape index (κ2) is 10.9. The van der Waals surface area contributed by atoms with E-state index < -0.39 is 6.04 Å². The van der Waals surface area contributed by atoms with Crippen molar-refractivity contribution in [1.82, 2.24) is 10.2 Å². The van der Waals surface area contributed by atoms with Gasteiger partial charge < -0.3 is 20.3 Å². The molecular weight excluding hydrogens is 398 g/mol. The van der Waals surface area contributed by atoms with E-state index in [0.717, 1.165) is 17.9 Å². The van der Waals surface area contributed by atoms with Gasteiger partial charge in [0.25, 0.3) is 5.91 Å². The van der Waals surface area contributed by atoms with Crippen LogP contribution in [0.1, 0.15) is 23.2 Å². The summed E-state index contributed by atoms with van der Waals surface area (Å²) in [6.07, 6.45) is 3.48. The molecular formula is C23H29N3O3S. The Hall–Kier alpha value is -2.67. The van der Waals surface area contributed by atoms with E-state index in [9.17, 15) is 9.59 Å². The minimum Gasteiger partial charge on any atom is -0.496 e. The number of ether oxygens (including phenoxy) is 1. The first-order valence-corrected chi connectivity index (χ1v) is 11.5. The number of anilines is 1. The number of benzene rings is 2. The van der Waals surface area contributed by atoms with E-state index in [-0.39, 0.29) is 17.9 Å². The Balaban J connectivity index is 1.64. The fraction of sp³-hybridized carbons (Fsp3) is 0.391. The Labute approximate surface area is 182 Å². The summed E-state index contributed by atoms with van der Waals surface area (Å²) < 4.78 is 5.29. The van der Waals surface area contributed by atoms with Crippen LogP contribution in [0.4, 0.5) is 5.69 Å². The van der Waals surface area contributed by atoms with Crippen molar-refractivity contribution in [2.24, 2.45) is 0 Å². The Kier molecular flexibility index (Phi) is 8.02. The van der Waals surface area contributed by atoms with Crippen LogP contribution < -0.4 is 15.4 Å². The first-order valence-electron chi connectivity index (χ1n) is 10.2. The van der Waals surface area contributed by atoms with Crippen LogP contribution in [-0.4, -0.2) is 61.0 Å². The molecule has 0 aromatic heterocycles. The smallest absolute Gasteiger partial charge is 0.255 e. The SMILES string of the molecule is COc1ccccc1C(=O)NC(CCSC)C(=O)N1CCC(Nc2ccccc2)C1. The van der Waals surface area contributed by atoms with Gasteiger partial charge in [-0.3, -0.25) is 9.59 Å². The fourth-order valence-corrected chi connectivity index (χ4v) is 4.10. The Bertz CT molecular complexity index is 847. The highest BCUT2D eigenvalue weighted by Crippen LogP contribution is 2.20.